The highest BCUT2D eigenvalue weighted by Crippen LogP contribution is 2.20. The maximum absolute atomic E-state index is 5.65. The predicted octanol–water partition coefficient (Wildman–Crippen LogP) is 2.25. The van der Waals surface area contributed by atoms with Crippen molar-refractivity contribution >= 4 is 0 Å². The minimum absolute atomic E-state index is 0.333. The van der Waals surface area contributed by atoms with Gasteiger partial charge in [0.2, 0.25) is 0 Å². The van der Waals surface area contributed by atoms with Gasteiger partial charge in [-0.3, -0.25) is 0 Å². The Morgan fingerprint density at radius 3 is 2.47 bits per heavy atom. The van der Waals surface area contributed by atoms with E-state index in [4.69, 9.17) is 14.2 Å². The number of ether oxygens (including phenoxy) is 3. The number of hydrogen-bond acceptors (Lipinski definition) is 4. The molecule has 0 atom stereocenters. The molecule has 0 bridgehead atoms. The lowest BCUT2D eigenvalue weighted by molar-refractivity contribution is -0.106. The van der Waals surface area contributed by atoms with E-state index in [1.54, 1.807) is 26.7 Å². The number of rotatable bonds is 7. The van der Waals surface area contributed by atoms with E-state index in [9.17, 15) is 0 Å². The highest BCUT2D eigenvalue weighted by Gasteiger charge is 2.08. The average Bonchev–Trinajstić information content (AvgIpc) is 2.95. The largest absolute Gasteiger partial charge is 0.492 e. The number of aromatic nitrogens is 2. The summed E-state index contributed by atoms with van der Waals surface area (Å²) >= 11 is 0. The zero-order valence-electron chi connectivity index (χ0n) is 11.2. The molecule has 19 heavy (non-hydrogen) atoms. The molecule has 0 N–H and O–H groups in total. The Morgan fingerprint density at radius 1 is 1.16 bits per heavy atom. The van der Waals surface area contributed by atoms with Crippen molar-refractivity contribution < 1.29 is 14.2 Å². The van der Waals surface area contributed by atoms with Crippen LogP contribution in [0.3, 0.4) is 0 Å². The molecule has 0 amide bonds. The van der Waals surface area contributed by atoms with E-state index in [-0.39, 0.29) is 6.29 Å². The Labute approximate surface area is 112 Å². The smallest absolute Gasteiger partial charge is 0.183 e. The number of nitrogens with zero attached hydrogens (tertiary/aromatic N) is 2. The Hall–Kier alpha value is -1.85. The molecule has 1 heterocycles. The molecule has 0 aliphatic heterocycles. The van der Waals surface area contributed by atoms with Crippen molar-refractivity contribution in [2.75, 3.05) is 20.8 Å². The van der Waals surface area contributed by atoms with Gasteiger partial charge in [-0.15, -0.1) is 0 Å². The molecule has 5 heteroatoms. The Kier molecular flexibility index (Phi) is 4.94. The third kappa shape index (κ3) is 3.81. The molecule has 2 aromatic rings. The summed E-state index contributed by atoms with van der Waals surface area (Å²) in [6.07, 6.45) is 5.10. The molecule has 0 spiro atoms. The van der Waals surface area contributed by atoms with E-state index in [0.717, 1.165) is 17.9 Å². The van der Waals surface area contributed by atoms with Crippen LogP contribution in [0.15, 0.2) is 43.0 Å². The molecule has 5 nitrogen and oxygen atoms in total. The number of hydrogen-bond donors (Lipinski definition) is 0. The normalized spacial score (nSPS) is 10.9. The summed E-state index contributed by atoms with van der Waals surface area (Å²) in [6, 6.07) is 7.69. The van der Waals surface area contributed by atoms with Crippen molar-refractivity contribution in [3.05, 3.63) is 48.5 Å². The minimum atomic E-state index is -0.333. The third-order valence-electron chi connectivity index (χ3n) is 2.76. The second kappa shape index (κ2) is 6.92. The lowest BCUT2D eigenvalue weighted by atomic mass is 10.2. The van der Waals surface area contributed by atoms with E-state index in [1.807, 2.05) is 35.0 Å². The zero-order chi connectivity index (χ0) is 13.5. The molecular formula is C14H18N2O3. The summed E-state index contributed by atoms with van der Waals surface area (Å²) in [5, 5.41) is 0. The van der Waals surface area contributed by atoms with Crippen LogP contribution >= 0.6 is 0 Å². The Balaban J connectivity index is 1.84. The molecule has 0 fully saturated rings. The second-order valence-corrected chi connectivity index (χ2v) is 4.02. The molecule has 0 aliphatic carbocycles. The van der Waals surface area contributed by atoms with Crippen LogP contribution in [0.4, 0.5) is 0 Å². The highest BCUT2D eigenvalue weighted by atomic mass is 16.7. The lowest BCUT2D eigenvalue weighted by Gasteiger charge is -2.14. The standard InChI is InChI=1S/C14H18N2O3/c1-17-14(18-2)12-3-5-13(6-4-12)19-10-9-16-8-7-15-11-16/h3-8,11,14H,9-10H2,1-2H3. The summed E-state index contributed by atoms with van der Waals surface area (Å²) in [5.74, 6) is 0.829. The lowest BCUT2D eigenvalue weighted by Crippen LogP contribution is -2.07. The molecule has 0 unspecified atom stereocenters. The minimum Gasteiger partial charge on any atom is -0.492 e. The van der Waals surface area contributed by atoms with Gasteiger partial charge in [-0.25, -0.2) is 4.98 Å². The highest BCUT2D eigenvalue weighted by molar-refractivity contribution is 5.27. The first-order valence-corrected chi connectivity index (χ1v) is 6.07. The van der Waals surface area contributed by atoms with E-state index in [0.29, 0.717) is 6.61 Å². The molecule has 0 radical (unpaired) electrons. The van der Waals surface area contributed by atoms with E-state index in [2.05, 4.69) is 4.98 Å². The molecular weight excluding hydrogens is 244 g/mol. The maximum Gasteiger partial charge on any atom is 0.183 e. The van der Waals surface area contributed by atoms with Gasteiger partial charge in [-0.2, -0.15) is 0 Å². The molecule has 2 rings (SSSR count). The summed E-state index contributed by atoms with van der Waals surface area (Å²) < 4.78 is 18.0. The van der Waals surface area contributed by atoms with E-state index >= 15 is 0 Å². The molecule has 0 aliphatic rings. The maximum atomic E-state index is 5.65. The van der Waals surface area contributed by atoms with Crippen LogP contribution in [-0.4, -0.2) is 30.4 Å². The Bertz CT molecular complexity index is 464. The van der Waals surface area contributed by atoms with Crippen LogP contribution in [0, 0.1) is 0 Å². The summed E-state index contributed by atoms with van der Waals surface area (Å²) in [5.41, 5.74) is 0.965. The van der Waals surface area contributed by atoms with Crippen molar-refractivity contribution in [1.82, 2.24) is 9.55 Å². The van der Waals surface area contributed by atoms with Gasteiger partial charge in [0.15, 0.2) is 6.29 Å². The number of methoxy groups -OCH3 is 2. The van der Waals surface area contributed by atoms with Gasteiger partial charge in [0.25, 0.3) is 0 Å². The van der Waals surface area contributed by atoms with Gasteiger partial charge in [0, 0.05) is 32.2 Å². The van der Waals surface area contributed by atoms with Crippen molar-refractivity contribution in [2.45, 2.75) is 12.8 Å². The van der Waals surface area contributed by atoms with Crippen LogP contribution in [0.1, 0.15) is 11.9 Å². The van der Waals surface area contributed by atoms with Gasteiger partial charge < -0.3 is 18.8 Å². The van der Waals surface area contributed by atoms with Crippen LogP contribution in [0.25, 0.3) is 0 Å². The van der Waals surface area contributed by atoms with Gasteiger partial charge in [0.1, 0.15) is 12.4 Å². The number of benzene rings is 1. The molecule has 0 saturated heterocycles. The Morgan fingerprint density at radius 2 is 1.89 bits per heavy atom. The number of imidazole rings is 1. The summed E-state index contributed by atoms with van der Waals surface area (Å²) in [4.78, 5) is 3.98. The monoisotopic (exact) mass is 262 g/mol. The fraction of sp³-hybridized carbons (Fsp3) is 0.357. The van der Waals surface area contributed by atoms with E-state index in [1.165, 1.54) is 0 Å². The van der Waals surface area contributed by atoms with Crippen molar-refractivity contribution in [3.63, 3.8) is 0 Å². The van der Waals surface area contributed by atoms with Crippen LogP contribution in [0.5, 0.6) is 5.75 Å². The van der Waals surface area contributed by atoms with Gasteiger partial charge in [-0.1, -0.05) is 12.1 Å². The first-order valence-electron chi connectivity index (χ1n) is 6.07. The third-order valence-corrected chi connectivity index (χ3v) is 2.76. The predicted molar refractivity (Wildman–Crippen MR) is 70.9 cm³/mol. The fourth-order valence-electron chi connectivity index (χ4n) is 1.78. The van der Waals surface area contributed by atoms with Crippen LogP contribution in [-0.2, 0) is 16.0 Å². The molecule has 0 saturated carbocycles. The molecule has 102 valence electrons. The SMILES string of the molecule is COC(OC)c1ccc(OCCn2ccnc2)cc1. The van der Waals surface area contributed by atoms with Crippen LogP contribution < -0.4 is 4.74 Å². The topological polar surface area (TPSA) is 45.5 Å². The van der Waals surface area contributed by atoms with Crippen molar-refractivity contribution in [1.29, 1.82) is 0 Å². The van der Waals surface area contributed by atoms with Crippen molar-refractivity contribution in [3.8, 4) is 5.75 Å². The average molecular weight is 262 g/mol. The first kappa shape index (κ1) is 13.6. The van der Waals surface area contributed by atoms with Gasteiger partial charge in [0.05, 0.1) is 12.9 Å². The van der Waals surface area contributed by atoms with Crippen LogP contribution in [0.2, 0.25) is 0 Å². The molecule has 1 aromatic heterocycles. The van der Waals surface area contributed by atoms with E-state index < -0.39 is 0 Å². The quantitative estimate of drug-likeness (QED) is 0.718. The van der Waals surface area contributed by atoms with Crippen molar-refractivity contribution in [2.24, 2.45) is 0 Å². The second-order valence-electron chi connectivity index (χ2n) is 4.02. The fourth-order valence-corrected chi connectivity index (χ4v) is 1.78. The summed E-state index contributed by atoms with van der Waals surface area (Å²) in [7, 11) is 3.23. The van der Waals surface area contributed by atoms with Gasteiger partial charge in [-0.05, 0) is 12.1 Å². The van der Waals surface area contributed by atoms with Gasteiger partial charge >= 0.3 is 0 Å². The first-order chi connectivity index (χ1) is 9.33. The zero-order valence-corrected chi connectivity index (χ0v) is 11.2. The molecule has 1 aromatic carbocycles. The summed E-state index contributed by atoms with van der Waals surface area (Å²) in [6.45, 7) is 1.38.